The monoisotopic (exact) mass is 482 g/mol. The molecule has 1 N–H and O–H groups in total. The molecule has 2 aliphatic rings. The summed E-state index contributed by atoms with van der Waals surface area (Å²) in [6.07, 6.45) is 3.22. The molecule has 2 saturated heterocycles. The van der Waals surface area contributed by atoms with Crippen molar-refractivity contribution in [2.45, 2.75) is 32.2 Å². The van der Waals surface area contributed by atoms with Gasteiger partial charge >= 0.3 is 0 Å². The second-order valence-electron chi connectivity index (χ2n) is 9.38. The number of hydrogen-bond acceptors (Lipinski definition) is 4. The highest BCUT2D eigenvalue weighted by Crippen LogP contribution is 2.29. The first-order valence-corrected chi connectivity index (χ1v) is 12.7. The Kier molecular flexibility index (Phi) is 8.59. The molecule has 4 rings (SSSR count). The molecule has 2 heterocycles. The van der Waals surface area contributed by atoms with E-state index in [0.717, 1.165) is 47.8 Å². The summed E-state index contributed by atoms with van der Waals surface area (Å²) in [7, 11) is 0. The van der Waals surface area contributed by atoms with E-state index in [-0.39, 0.29) is 17.9 Å². The number of rotatable bonds is 7. The SMILES string of the molecule is Cc1cccc(C(=O)N2CCCN(CC(=O)NCC(c3ccccc3Cl)N3CCCC3)CC2)c1. The molecular formula is C27H35ClN4O2. The van der Waals surface area contributed by atoms with Gasteiger partial charge in [-0.2, -0.15) is 0 Å². The Morgan fingerprint density at radius 1 is 0.941 bits per heavy atom. The van der Waals surface area contributed by atoms with E-state index in [2.05, 4.69) is 21.2 Å². The zero-order valence-electron chi connectivity index (χ0n) is 20.0. The summed E-state index contributed by atoms with van der Waals surface area (Å²) in [6, 6.07) is 15.8. The first-order valence-electron chi connectivity index (χ1n) is 12.3. The van der Waals surface area contributed by atoms with Crippen molar-refractivity contribution in [3.8, 4) is 0 Å². The van der Waals surface area contributed by atoms with Crippen LogP contribution in [0.3, 0.4) is 0 Å². The van der Waals surface area contributed by atoms with Gasteiger partial charge < -0.3 is 10.2 Å². The van der Waals surface area contributed by atoms with Crippen LogP contribution in [0.25, 0.3) is 0 Å². The normalized spacial score (nSPS) is 18.5. The molecule has 2 aliphatic heterocycles. The highest BCUT2D eigenvalue weighted by molar-refractivity contribution is 6.31. The average Bonchev–Trinajstić information content (AvgIpc) is 3.26. The zero-order chi connectivity index (χ0) is 23.9. The summed E-state index contributed by atoms with van der Waals surface area (Å²) >= 11 is 6.50. The van der Waals surface area contributed by atoms with Crippen LogP contribution >= 0.6 is 11.6 Å². The molecule has 7 heteroatoms. The van der Waals surface area contributed by atoms with Crippen LogP contribution in [0, 0.1) is 6.92 Å². The Hall–Kier alpha value is -2.41. The van der Waals surface area contributed by atoms with Crippen LogP contribution in [-0.4, -0.2) is 78.9 Å². The smallest absolute Gasteiger partial charge is 0.253 e. The lowest BCUT2D eigenvalue weighted by molar-refractivity contribution is -0.122. The van der Waals surface area contributed by atoms with E-state index in [0.29, 0.717) is 32.7 Å². The Morgan fingerprint density at radius 2 is 1.74 bits per heavy atom. The molecule has 2 fully saturated rings. The Bertz CT molecular complexity index is 992. The van der Waals surface area contributed by atoms with E-state index >= 15 is 0 Å². The molecule has 6 nitrogen and oxygen atoms in total. The third-order valence-corrected chi connectivity index (χ3v) is 7.19. The van der Waals surface area contributed by atoms with Gasteiger partial charge in [-0.25, -0.2) is 0 Å². The molecule has 0 spiro atoms. The fraction of sp³-hybridized carbons (Fsp3) is 0.481. The summed E-state index contributed by atoms with van der Waals surface area (Å²) < 4.78 is 0. The van der Waals surface area contributed by atoms with Crippen molar-refractivity contribution in [1.82, 2.24) is 20.0 Å². The van der Waals surface area contributed by atoms with Crippen LogP contribution in [0.15, 0.2) is 48.5 Å². The van der Waals surface area contributed by atoms with Crippen molar-refractivity contribution in [3.05, 3.63) is 70.2 Å². The predicted molar refractivity (Wildman–Crippen MR) is 136 cm³/mol. The van der Waals surface area contributed by atoms with Crippen molar-refractivity contribution < 1.29 is 9.59 Å². The lowest BCUT2D eigenvalue weighted by Gasteiger charge is -2.29. The van der Waals surface area contributed by atoms with Gasteiger partial charge in [-0.05, 0) is 63.0 Å². The second kappa shape index (κ2) is 11.8. The number of nitrogens with zero attached hydrogens (tertiary/aromatic N) is 3. The Balaban J connectivity index is 1.30. The number of benzene rings is 2. The van der Waals surface area contributed by atoms with Gasteiger partial charge in [0.15, 0.2) is 0 Å². The standard InChI is InChI=1S/C27H35ClN4O2/c1-21-8-6-9-22(18-21)27(34)32-15-7-12-30(16-17-32)20-26(33)29-19-25(31-13-4-5-14-31)23-10-2-3-11-24(23)28/h2-3,6,8-11,18,25H,4-5,7,12-17,19-20H2,1H3,(H,29,33). The predicted octanol–water partition coefficient (Wildman–Crippen LogP) is 3.75. The largest absolute Gasteiger partial charge is 0.353 e. The third-order valence-electron chi connectivity index (χ3n) is 6.85. The first-order chi connectivity index (χ1) is 16.5. The van der Waals surface area contributed by atoms with Crippen LogP contribution in [0.2, 0.25) is 5.02 Å². The van der Waals surface area contributed by atoms with E-state index in [1.54, 1.807) is 0 Å². The zero-order valence-corrected chi connectivity index (χ0v) is 20.8. The highest BCUT2D eigenvalue weighted by Gasteiger charge is 2.26. The minimum Gasteiger partial charge on any atom is -0.353 e. The van der Waals surface area contributed by atoms with E-state index in [1.807, 2.05) is 54.3 Å². The van der Waals surface area contributed by atoms with Crippen LogP contribution in [-0.2, 0) is 4.79 Å². The molecule has 0 aliphatic carbocycles. The fourth-order valence-electron chi connectivity index (χ4n) is 5.00. The maximum Gasteiger partial charge on any atom is 0.253 e. The van der Waals surface area contributed by atoms with Gasteiger partial charge in [-0.3, -0.25) is 19.4 Å². The molecule has 0 aromatic heterocycles. The van der Waals surface area contributed by atoms with E-state index in [1.165, 1.54) is 12.8 Å². The van der Waals surface area contributed by atoms with Gasteiger partial charge in [0.1, 0.15) is 0 Å². The van der Waals surface area contributed by atoms with Crippen molar-refractivity contribution in [2.24, 2.45) is 0 Å². The fourth-order valence-corrected chi connectivity index (χ4v) is 5.26. The maximum absolute atomic E-state index is 12.9. The quantitative estimate of drug-likeness (QED) is 0.653. The van der Waals surface area contributed by atoms with Gasteiger partial charge in [0.05, 0.1) is 12.6 Å². The lowest BCUT2D eigenvalue weighted by Crippen LogP contribution is -2.43. The molecule has 0 radical (unpaired) electrons. The molecule has 1 unspecified atom stereocenters. The second-order valence-corrected chi connectivity index (χ2v) is 9.78. The summed E-state index contributed by atoms with van der Waals surface area (Å²) in [6.45, 7) is 7.82. The highest BCUT2D eigenvalue weighted by atomic mass is 35.5. The number of hydrogen-bond donors (Lipinski definition) is 1. The van der Waals surface area contributed by atoms with Crippen molar-refractivity contribution in [3.63, 3.8) is 0 Å². The number of carbonyl (C=O) groups excluding carboxylic acids is 2. The van der Waals surface area contributed by atoms with Crippen LogP contribution in [0.5, 0.6) is 0 Å². The number of aryl methyl sites for hydroxylation is 1. The number of likely N-dealkylation sites (tertiary alicyclic amines) is 1. The summed E-state index contributed by atoms with van der Waals surface area (Å²) in [5.74, 6) is 0.0953. The number of amides is 2. The van der Waals surface area contributed by atoms with Gasteiger partial charge in [0, 0.05) is 43.3 Å². The third kappa shape index (κ3) is 6.38. The Labute approximate surface area is 207 Å². The number of halogens is 1. The van der Waals surface area contributed by atoms with Crippen LogP contribution in [0.1, 0.15) is 46.8 Å². The number of nitrogens with one attached hydrogen (secondary N) is 1. The molecule has 0 bridgehead atoms. The first kappa shape index (κ1) is 24.7. The van der Waals surface area contributed by atoms with Gasteiger partial charge in [0.2, 0.25) is 5.91 Å². The van der Waals surface area contributed by atoms with Gasteiger partial charge in [0.25, 0.3) is 5.91 Å². The minimum atomic E-state index is 0.0229. The average molecular weight is 483 g/mol. The van der Waals surface area contributed by atoms with E-state index < -0.39 is 0 Å². The van der Waals surface area contributed by atoms with Crippen LogP contribution in [0.4, 0.5) is 0 Å². The summed E-state index contributed by atoms with van der Waals surface area (Å²) in [4.78, 5) is 32.2. The van der Waals surface area contributed by atoms with Crippen molar-refractivity contribution in [2.75, 3.05) is 52.4 Å². The molecule has 182 valence electrons. The molecule has 1 atom stereocenters. The lowest BCUT2D eigenvalue weighted by atomic mass is 10.1. The van der Waals surface area contributed by atoms with Crippen molar-refractivity contribution in [1.29, 1.82) is 0 Å². The molecule has 34 heavy (non-hydrogen) atoms. The Morgan fingerprint density at radius 3 is 2.50 bits per heavy atom. The molecule has 2 aromatic carbocycles. The van der Waals surface area contributed by atoms with Crippen LogP contribution < -0.4 is 5.32 Å². The molecule has 0 saturated carbocycles. The topological polar surface area (TPSA) is 55.9 Å². The van der Waals surface area contributed by atoms with Gasteiger partial charge in [-0.15, -0.1) is 0 Å². The number of carbonyl (C=O) groups is 2. The molecular weight excluding hydrogens is 448 g/mol. The molecule has 2 aromatic rings. The summed E-state index contributed by atoms with van der Waals surface area (Å²) in [5.41, 5.74) is 2.90. The van der Waals surface area contributed by atoms with E-state index in [4.69, 9.17) is 11.6 Å². The molecule has 2 amide bonds. The minimum absolute atomic E-state index is 0.0229. The van der Waals surface area contributed by atoms with Crippen molar-refractivity contribution >= 4 is 23.4 Å². The summed E-state index contributed by atoms with van der Waals surface area (Å²) in [5, 5.41) is 3.91. The van der Waals surface area contributed by atoms with E-state index in [9.17, 15) is 9.59 Å². The van der Waals surface area contributed by atoms with Gasteiger partial charge in [-0.1, -0.05) is 47.5 Å². The maximum atomic E-state index is 12.9.